The predicted octanol–water partition coefficient (Wildman–Crippen LogP) is 3.20. The molecule has 1 aromatic heterocycles. The van der Waals surface area contributed by atoms with Gasteiger partial charge in [0.2, 0.25) is 5.91 Å². The Balaban J connectivity index is 0.00000180. The van der Waals surface area contributed by atoms with Crippen LogP contribution in [0.25, 0.3) is 0 Å². The highest BCUT2D eigenvalue weighted by Crippen LogP contribution is 2.24. The van der Waals surface area contributed by atoms with Gasteiger partial charge in [0.15, 0.2) is 0 Å². The summed E-state index contributed by atoms with van der Waals surface area (Å²) < 4.78 is 1.16. The minimum Gasteiger partial charge on any atom is -0.338 e. The molecule has 1 atom stereocenters. The van der Waals surface area contributed by atoms with Crippen molar-refractivity contribution in [1.82, 2.24) is 4.90 Å². The Hall–Kier alpha value is -0.100. The highest BCUT2D eigenvalue weighted by atomic mass is 79.9. The molecule has 2 N–H and O–H groups in total. The van der Waals surface area contributed by atoms with E-state index >= 15 is 0 Å². The molecule has 1 amide bonds. The lowest BCUT2D eigenvalue weighted by molar-refractivity contribution is -0.131. The Bertz CT molecular complexity index is 413. The van der Waals surface area contributed by atoms with Crippen molar-refractivity contribution in [3.05, 3.63) is 20.8 Å². The molecule has 1 saturated heterocycles. The molecule has 1 unspecified atom stereocenters. The van der Waals surface area contributed by atoms with Crippen molar-refractivity contribution in [2.75, 3.05) is 13.1 Å². The van der Waals surface area contributed by atoms with Crippen LogP contribution in [-0.4, -0.2) is 29.9 Å². The first kappa shape index (κ1) is 17.0. The van der Waals surface area contributed by atoms with Crippen LogP contribution in [0.3, 0.4) is 0 Å². The van der Waals surface area contributed by atoms with Gasteiger partial charge in [-0.1, -0.05) is 0 Å². The molecular weight excluding hydrogens is 348 g/mol. The van der Waals surface area contributed by atoms with E-state index in [1.165, 1.54) is 4.88 Å². The van der Waals surface area contributed by atoms with E-state index in [4.69, 9.17) is 5.73 Å². The number of nitrogens with two attached hydrogens (primary N) is 1. The van der Waals surface area contributed by atoms with Crippen molar-refractivity contribution >= 4 is 45.6 Å². The van der Waals surface area contributed by atoms with E-state index < -0.39 is 0 Å². The van der Waals surface area contributed by atoms with Crippen molar-refractivity contribution < 1.29 is 4.79 Å². The molecule has 0 aromatic carbocycles. The van der Waals surface area contributed by atoms with Gasteiger partial charge >= 0.3 is 0 Å². The third kappa shape index (κ3) is 4.74. The van der Waals surface area contributed by atoms with Gasteiger partial charge in [0, 0.05) is 30.4 Å². The number of carbonyl (C=O) groups is 1. The van der Waals surface area contributed by atoms with Gasteiger partial charge in [-0.2, -0.15) is 0 Å². The molecule has 1 aromatic rings. The molecule has 2 rings (SSSR count). The van der Waals surface area contributed by atoms with E-state index in [-0.39, 0.29) is 24.4 Å². The van der Waals surface area contributed by atoms with Gasteiger partial charge < -0.3 is 10.6 Å². The molecule has 6 heteroatoms. The molecule has 108 valence electrons. The van der Waals surface area contributed by atoms with E-state index in [0.29, 0.717) is 13.0 Å². The summed E-state index contributed by atoms with van der Waals surface area (Å²) in [6.45, 7) is 1.49. The summed E-state index contributed by atoms with van der Waals surface area (Å²) in [6, 6.07) is 4.47. The molecule has 1 fully saturated rings. The van der Waals surface area contributed by atoms with Crippen molar-refractivity contribution in [1.29, 1.82) is 0 Å². The molecule has 0 spiro atoms. The zero-order chi connectivity index (χ0) is 13.0. The molecule has 19 heavy (non-hydrogen) atoms. The zero-order valence-corrected chi connectivity index (χ0v) is 14.0. The van der Waals surface area contributed by atoms with Crippen LogP contribution in [0, 0.1) is 0 Å². The van der Waals surface area contributed by atoms with E-state index in [0.717, 1.165) is 36.0 Å². The van der Waals surface area contributed by atoms with Crippen LogP contribution >= 0.6 is 39.7 Å². The second kappa shape index (κ2) is 8.25. The topological polar surface area (TPSA) is 46.3 Å². The lowest BCUT2D eigenvalue weighted by Gasteiger charge is -2.23. The summed E-state index contributed by atoms with van der Waals surface area (Å²) >= 11 is 5.20. The summed E-state index contributed by atoms with van der Waals surface area (Å²) in [4.78, 5) is 15.4. The van der Waals surface area contributed by atoms with Crippen molar-refractivity contribution in [2.45, 2.75) is 38.1 Å². The Morgan fingerprint density at radius 2 is 2.32 bits per heavy atom. The molecule has 3 nitrogen and oxygen atoms in total. The van der Waals surface area contributed by atoms with Crippen LogP contribution < -0.4 is 5.73 Å². The molecule has 1 aliphatic rings. The minimum absolute atomic E-state index is 0. The number of likely N-dealkylation sites (tertiary alicyclic amines) is 1. The van der Waals surface area contributed by atoms with Gasteiger partial charge in [-0.05, 0) is 53.7 Å². The third-order valence-electron chi connectivity index (χ3n) is 3.41. The van der Waals surface area contributed by atoms with E-state index in [9.17, 15) is 4.79 Å². The first-order valence-corrected chi connectivity index (χ1v) is 8.05. The van der Waals surface area contributed by atoms with Gasteiger partial charge in [0.1, 0.15) is 0 Å². The van der Waals surface area contributed by atoms with Gasteiger partial charge in [0.25, 0.3) is 0 Å². The molecule has 0 radical (unpaired) electrons. The van der Waals surface area contributed by atoms with Gasteiger partial charge in [-0.3, -0.25) is 4.79 Å². The van der Waals surface area contributed by atoms with Crippen molar-refractivity contribution in [3.63, 3.8) is 0 Å². The second-order valence-electron chi connectivity index (χ2n) is 4.68. The number of thiophene rings is 1. The SMILES string of the molecule is Cl.NCC1CCCN1C(=O)CCCc1ccc(Br)s1. The Morgan fingerprint density at radius 3 is 2.95 bits per heavy atom. The number of amides is 1. The largest absolute Gasteiger partial charge is 0.338 e. The normalized spacial score (nSPS) is 18.4. The number of rotatable bonds is 5. The molecule has 2 heterocycles. The lowest BCUT2D eigenvalue weighted by Crippen LogP contribution is -2.39. The summed E-state index contributed by atoms with van der Waals surface area (Å²) in [5.74, 6) is 0.276. The average molecular weight is 368 g/mol. The average Bonchev–Trinajstić information content (AvgIpc) is 2.97. The summed E-state index contributed by atoms with van der Waals surface area (Å²) in [5.41, 5.74) is 5.69. The van der Waals surface area contributed by atoms with Crippen LogP contribution in [0.15, 0.2) is 15.9 Å². The number of carbonyl (C=O) groups excluding carboxylic acids is 1. The Labute approximate surface area is 133 Å². The monoisotopic (exact) mass is 366 g/mol. The first-order valence-electron chi connectivity index (χ1n) is 6.44. The van der Waals surface area contributed by atoms with Crippen LogP contribution in [-0.2, 0) is 11.2 Å². The van der Waals surface area contributed by atoms with Gasteiger partial charge in [0.05, 0.1) is 3.79 Å². The molecular formula is C13H20BrClN2OS. The quantitative estimate of drug-likeness (QED) is 0.868. The minimum atomic E-state index is 0. The van der Waals surface area contributed by atoms with Crippen molar-refractivity contribution in [2.24, 2.45) is 5.73 Å². The Morgan fingerprint density at radius 1 is 1.53 bits per heavy atom. The zero-order valence-electron chi connectivity index (χ0n) is 10.8. The number of nitrogens with zero attached hydrogens (tertiary/aromatic N) is 1. The van der Waals surface area contributed by atoms with Crippen LogP contribution in [0.4, 0.5) is 0 Å². The second-order valence-corrected chi connectivity index (χ2v) is 7.23. The van der Waals surface area contributed by atoms with Crippen LogP contribution in [0.5, 0.6) is 0 Å². The molecule has 0 bridgehead atoms. The van der Waals surface area contributed by atoms with E-state index in [1.54, 1.807) is 11.3 Å². The number of hydrogen-bond donors (Lipinski definition) is 1. The highest BCUT2D eigenvalue weighted by molar-refractivity contribution is 9.11. The van der Waals surface area contributed by atoms with Gasteiger partial charge in [-0.25, -0.2) is 0 Å². The van der Waals surface area contributed by atoms with E-state index in [1.807, 2.05) is 4.90 Å². The molecule has 0 aliphatic carbocycles. The van der Waals surface area contributed by atoms with E-state index in [2.05, 4.69) is 28.1 Å². The highest BCUT2D eigenvalue weighted by Gasteiger charge is 2.26. The summed E-state index contributed by atoms with van der Waals surface area (Å²) in [7, 11) is 0. The maximum absolute atomic E-state index is 12.1. The predicted molar refractivity (Wildman–Crippen MR) is 86.0 cm³/mol. The fourth-order valence-electron chi connectivity index (χ4n) is 2.45. The first-order chi connectivity index (χ1) is 8.70. The standard InChI is InChI=1S/C13H19BrN2OS.ClH/c14-12-7-6-11(18-12)4-1-5-13(17)16-8-2-3-10(16)9-15;/h6-7,10H,1-5,8-9,15H2;1H. The lowest BCUT2D eigenvalue weighted by atomic mass is 10.2. The number of hydrogen-bond acceptors (Lipinski definition) is 3. The Kier molecular flexibility index (Phi) is 7.36. The molecule has 0 saturated carbocycles. The maximum Gasteiger partial charge on any atom is 0.222 e. The number of aryl methyl sites for hydroxylation is 1. The maximum atomic E-state index is 12.1. The fraction of sp³-hybridized carbons (Fsp3) is 0.615. The molecule has 1 aliphatic heterocycles. The van der Waals surface area contributed by atoms with Crippen LogP contribution in [0.2, 0.25) is 0 Å². The van der Waals surface area contributed by atoms with Gasteiger partial charge in [-0.15, -0.1) is 23.7 Å². The van der Waals surface area contributed by atoms with Crippen molar-refractivity contribution in [3.8, 4) is 0 Å². The smallest absolute Gasteiger partial charge is 0.222 e. The summed E-state index contributed by atoms with van der Waals surface area (Å²) in [5, 5.41) is 0. The van der Waals surface area contributed by atoms with Crippen LogP contribution in [0.1, 0.15) is 30.6 Å². The third-order valence-corrected chi connectivity index (χ3v) is 5.10. The number of halogens is 2. The summed E-state index contributed by atoms with van der Waals surface area (Å²) in [6.07, 6.45) is 4.74. The fourth-order valence-corrected chi connectivity index (χ4v) is 3.98.